The van der Waals surface area contributed by atoms with Crippen molar-refractivity contribution in [3.05, 3.63) is 62.0 Å². The topological polar surface area (TPSA) is 48.8 Å². The molecule has 1 saturated heterocycles. The predicted octanol–water partition coefficient (Wildman–Crippen LogP) is 3.24. The first kappa shape index (κ1) is 20.9. The summed E-state index contributed by atoms with van der Waals surface area (Å²) in [7, 11) is 3.99. The Bertz CT molecular complexity index is 1100. The lowest BCUT2D eigenvalue weighted by Crippen LogP contribution is -2.49. The van der Waals surface area contributed by atoms with Gasteiger partial charge in [-0.05, 0) is 43.7 Å². The minimum atomic E-state index is -0.0150. The van der Waals surface area contributed by atoms with Crippen LogP contribution in [0.1, 0.15) is 9.67 Å². The number of thiophene rings is 1. The Labute approximate surface area is 184 Å². The van der Waals surface area contributed by atoms with Crippen LogP contribution in [0, 0.1) is 0 Å². The molecule has 0 radical (unpaired) electrons. The van der Waals surface area contributed by atoms with Crippen molar-refractivity contribution in [2.75, 3.05) is 51.7 Å². The zero-order valence-electron chi connectivity index (χ0n) is 17.2. The van der Waals surface area contributed by atoms with Crippen LogP contribution < -0.4 is 10.5 Å². The normalized spacial score (nSPS) is 14.7. The molecule has 8 heteroatoms. The number of aromatic nitrogens is 1. The lowest BCUT2D eigenvalue weighted by atomic mass is 10.1. The molecule has 6 nitrogen and oxygen atoms in total. The minimum Gasteiger partial charge on any atom is -0.367 e. The molecule has 1 aliphatic heterocycles. The van der Waals surface area contributed by atoms with E-state index in [0.717, 1.165) is 28.0 Å². The van der Waals surface area contributed by atoms with Crippen molar-refractivity contribution in [2.24, 2.45) is 0 Å². The van der Waals surface area contributed by atoms with E-state index in [-0.39, 0.29) is 11.5 Å². The van der Waals surface area contributed by atoms with Crippen LogP contribution in [0.3, 0.4) is 0 Å². The van der Waals surface area contributed by atoms with E-state index in [1.165, 1.54) is 11.3 Å². The predicted molar refractivity (Wildman–Crippen MR) is 124 cm³/mol. The van der Waals surface area contributed by atoms with Gasteiger partial charge < -0.3 is 19.3 Å². The van der Waals surface area contributed by atoms with Gasteiger partial charge in [0.15, 0.2) is 0 Å². The van der Waals surface area contributed by atoms with Crippen molar-refractivity contribution in [3.63, 3.8) is 0 Å². The largest absolute Gasteiger partial charge is 0.367 e. The van der Waals surface area contributed by atoms with Crippen molar-refractivity contribution in [1.29, 1.82) is 0 Å². The zero-order valence-corrected chi connectivity index (χ0v) is 18.7. The molecule has 2 aromatic heterocycles. The molecular formula is C22H25ClN4O2S. The number of fused-ring (bicyclic) bond motifs is 1. The molecule has 1 aromatic carbocycles. The molecule has 3 aromatic rings. The summed E-state index contributed by atoms with van der Waals surface area (Å²) >= 11 is 7.77. The molecule has 0 aliphatic carbocycles. The minimum absolute atomic E-state index is 0.0150. The second-order valence-corrected chi connectivity index (χ2v) is 9.12. The number of halogens is 1. The van der Waals surface area contributed by atoms with Crippen molar-refractivity contribution in [1.82, 2.24) is 14.4 Å². The first-order valence-electron chi connectivity index (χ1n) is 9.99. The van der Waals surface area contributed by atoms with Gasteiger partial charge in [0.05, 0.1) is 16.1 Å². The summed E-state index contributed by atoms with van der Waals surface area (Å²) in [4.78, 5) is 32.5. The molecule has 0 bridgehead atoms. The maximum absolute atomic E-state index is 12.9. The summed E-state index contributed by atoms with van der Waals surface area (Å²) < 4.78 is 1.81. The first-order chi connectivity index (χ1) is 14.4. The fourth-order valence-electron chi connectivity index (χ4n) is 3.84. The second kappa shape index (κ2) is 8.79. The Balaban J connectivity index is 1.62. The van der Waals surface area contributed by atoms with Crippen molar-refractivity contribution < 1.29 is 4.79 Å². The number of anilines is 1. The SMILES string of the molecule is CN(C)CCn1c(=O)cc(N2CCN(C(=O)c3cccs3)CC2)c2cc(Cl)ccc21. The Hall–Kier alpha value is -2.35. The van der Waals surface area contributed by atoms with E-state index in [0.29, 0.717) is 37.7 Å². The molecule has 1 aliphatic rings. The van der Waals surface area contributed by atoms with E-state index in [9.17, 15) is 9.59 Å². The van der Waals surface area contributed by atoms with Crippen LogP contribution in [0.4, 0.5) is 5.69 Å². The van der Waals surface area contributed by atoms with E-state index in [2.05, 4.69) is 9.80 Å². The van der Waals surface area contributed by atoms with Gasteiger partial charge in [0.2, 0.25) is 0 Å². The molecule has 30 heavy (non-hydrogen) atoms. The van der Waals surface area contributed by atoms with Crippen LogP contribution in [0.15, 0.2) is 46.6 Å². The van der Waals surface area contributed by atoms with Gasteiger partial charge >= 0.3 is 0 Å². The Morgan fingerprint density at radius 1 is 1.13 bits per heavy atom. The third-order valence-electron chi connectivity index (χ3n) is 5.46. The molecule has 1 fully saturated rings. The highest BCUT2D eigenvalue weighted by atomic mass is 35.5. The third-order valence-corrected chi connectivity index (χ3v) is 6.55. The average Bonchev–Trinajstić information content (AvgIpc) is 3.27. The molecule has 0 atom stereocenters. The lowest BCUT2D eigenvalue weighted by Gasteiger charge is -2.36. The number of hydrogen-bond donors (Lipinski definition) is 0. The summed E-state index contributed by atoms with van der Waals surface area (Å²) in [6.45, 7) is 4.01. The second-order valence-electron chi connectivity index (χ2n) is 7.74. The lowest BCUT2D eigenvalue weighted by molar-refractivity contribution is 0.0752. The maximum atomic E-state index is 12.9. The summed E-state index contributed by atoms with van der Waals surface area (Å²) in [6, 6.07) is 11.2. The number of pyridine rings is 1. The van der Waals surface area contributed by atoms with E-state index in [1.807, 2.05) is 59.3 Å². The van der Waals surface area contributed by atoms with Gasteiger partial charge in [0, 0.05) is 55.7 Å². The van der Waals surface area contributed by atoms with Crippen LogP contribution in [-0.2, 0) is 6.54 Å². The Morgan fingerprint density at radius 3 is 2.57 bits per heavy atom. The number of nitrogens with zero attached hydrogens (tertiary/aromatic N) is 4. The third kappa shape index (κ3) is 4.24. The van der Waals surface area contributed by atoms with E-state index >= 15 is 0 Å². The van der Waals surface area contributed by atoms with Gasteiger partial charge in [-0.15, -0.1) is 11.3 Å². The molecule has 0 saturated carbocycles. The molecule has 0 spiro atoms. The van der Waals surface area contributed by atoms with Gasteiger partial charge in [0.1, 0.15) is 0 Å². The molecule has 158 valence electrons. The monoisotopic (exact) mass is 444 g/mol. The number of amides is 1. The average molecular weight is 445 g/mol. The first-order valence-corrected chi connectivity index (χ1v) is 11.3. The summed E-state index contributed by atoms with van der Waals surface area (Å²) in [5, 5.41) is 3.54. The molecule has 1 amide bonds. The molecule has 0 N–H and O–H groups in total. The summed E-state index contributed by atoms with van der Waals surface area (Å²) in [6.07, 6.45) is 0. The van der Waals surface area contributed by atoms with Gasteiger partial charge in [-0.25, -0.2) is 0 Å². The highest BCUT2D eigenvalue weighted by Crippen LogP contribution is 2.29. The van der Waals surface area contributed by atoms with Crippen LogP contribution in [0.5, 0.6) is 0 Å². The van der Waals surface area contributed by atoms with Crippen molar-refractivity contribution in [3.8, 4) is 0 Å². The maximum Gasteiger partial charge on any atom is 0.264 e. The smallest absolute Gasteiger partial charge is 0.264 e. The van der Waals surface area contributed by atoms with E-state index in [4.69, 9.17) is 11.6 Å². The van der Waals surface area contributed by atoms with Gasteiger partial charge in [-0.3, -0.25) is 9.59 Å². The fraction of sp³-hybridized carbons (Fsp3) is 0.364. The van der Waals surface area contributed by atoms with Gasteiger partial charge in [-0.1, -0.05) is 17.7 Å². The molecule has 3 heterocycles. The quantitative estimate of drug-likeness (QED) is 0.606. The van der Waals surface area contributed by atoms with Gasteiger partial charge in [-0.2, -0.15) is 0 Å². The fourth-order valence-corrected chi connectivity index (χ4v) is 4.70. The Kier molecular flexibility index (Phi) is 6.13. The number of rotatable bonds is 5. The standard InChI is InChI=1S/C22H25ClN4O2S/c1-24(2)7-12-27-18-6-5-16(23)14-17(18)19(15-21(27)28)25-8-10-26(11-9-25)22(29)20-4-3-13-30-20/h3-6,13-15H,7-12H2,1-2H3. The summed E-state index contributed by atoms with van der Waals surface area (Å²) in [5.41, 5.74) is 1.77. The van der Waals surface area contributed by atoms with Gasteiger partial charge in [0.25, 0.3) is 11.5 Å². The molecule has 4 rings (SSSR count). The number of hydrogen-bond acceptors (Lipinski definition) is 5. The number of likely N-dealkylation sites (N-methyl/N-ethyl adjacent to an activating group) is 1. The number of benzene rings is 1. The zero-order chi connectivity index (χ0) is 21.3. The van der Waals surface area contributed by atoms with Crippen LogP contribution in [0.25, 0.3) is 10.9 Å². The van der Waals surface area contributed by atoms with Crippen molar-refractivity contribution >= 4 is 45.4 Å². The van der Waals surface area contributed by atoms with Crippen LogP contribution in [0.2, 0.25) is 5.02 Å². The summed E-state index contributed by atoms with van der Waals surface area (Å²) in [5.74, 6) is 0.0802. The van der Waals surface area contributed by atoms with E-state index < -0.39 is 0 Å². The van der Waals surface area contributed by atoms with E-state index in [1.54, 1.807) is 6.07 Å². The number of carbonyl (C=O) groups excluding carboxylic acids is 1. The number of piperazine rings is 1. The molecule has 0 unspecified atom stereocenters. The van der Waals surface area contributed by atoms with Crippen LogP contribution in [-0.4, -0.2) is 67.1 Å². The Morgan fingerprint density at radius 2 is 1.90 bits per heavy atom. The highest BCUT2D eigenvalue weighted by molar-refractivity contribution is 7.12. The number of carbonyl (C=O) groups is 1. The van der Waals surface area contributed by atoms with Crippen molar-refractivity contribution in [2.45, 2.75) is 6.54 Å². The van der Waals surface area contributed by atoms with Crippen LogP contribution >= 0.6 is 22.9 Å². The highest BCUT2D eigenvalue weighted by Gasteiger charge is 2.24. The molecular weight excluding hydrogens is 420 g/mol.